The molecule has 0 amide bonds. The Labute approximate surface area is 262 Å². The second kappa shape index (κ2) is 8.73. The van der Waals surface area contributed by atoms with Crippen molar-refractivity contribution in [1.29, 1.82) is 0 Å². The molecule has 0 spiro atoms. The van der Waals surface area contributed by atoms with E-state index in [-0.39, 0.29) is 33.8 Å². The number of rotatable bonds is 2. The van der Waals surface area contributed by atoms with Crippen molar-refractivity contribution in [1.82, 2.24) is 0 Å². The molecule has 2 heterocycles. The lowest BCUT2D eigenvalue weighted by atomic mass is 9.68. The Balaban J connectivity index is 1.42. The van der Waals surface area contributed by atoms with E-state index in [9.17, 15) is 10.2 Å². The van der Waals surface area contributed by atoms with Gasteiger partial charge in [0.05, 0.1) is 9.49 Å². The highest BCUT2D eigenvalue weighted by Crippen LogP contribution is 2.78. The largest absolute Gasteiger partial charge is 0.507 e. The van der Waals surface area contributed by atoms with Crippen LogP contribution in [-0.4, -0.2) is 37.5 Å². The summed E-state index contributed by atoms with van der Waals surface area (Å²) in [5, 5.41) is 20.9. The van der Waals surface area contributed by atoms with E-state index < -0.39 is 38.4 Å². The van der Waals surface area contributed by atoms with Gasteiger partial charge in [0.15, 0.2) is 0 Å². The van der Waals surface area contributed by atoms with E-state index in [1.807, 2.05) is 0 Å². The van der Waals surface area contributed by atoms with Gasteiger partial charge in [-0.25, -0.2) is 0 Å². The van der Waals surface area contributed by atoms with Crippen LogP contribution in [0.3, 0.4) is 0 Å². The minimum absolute atomic E-state index is 0.00651. The Kier molecular flexibility index (Phi) is 5.57. The lowest BCUT2D eigenvalue weighted by molar-refractivity contribution is -0.257. The molecule has 4 aliphatic rings. The van der Waals surface area contributed by atoms with Gasteiger partial charge in [0.25, 0.3) is 0 Å². The van der Waals surface area contributed by atoms with Gasteiger partial charge in [-0.2, -0.15) is 26.3 Å². The van der Waals surface area contributed by atoms with Crippen LogP contribution in [0.5, 0.6) is 11.5 Å². The van der Waals surface area contributed by atoms with Crippen molar-refractivity contribution in [2.75, 3.05) is 0 Å². The highest BCUT2D eigenvalue weighted by Gasteiger charge is 2.84. The van der Waals surface area contributed by atoms with E-state index in [0.717, 1.165) is 0 Å². The first kappa shape index (κ1) is 28.7. The molecule has 2 aliphatic heterocycles. The molecule has 2 N–H and O–H groups in total. The average molecular weight is 653 g/mol. The number of fused-ring (bicyclic) bond motifs is 8. The summed E-state index contributed by atoms with van der Waals surface area (Å²) in [5.41, 5.74) is -0.613. The summed E-state index contributed by atoms with van der Waals surface area (Å²) in [5.74, 6) is -16.0. The molecular weight excluding hydrogens is 631 g/mol. The molecule has 0 radical (unpaired) electrons. The topological polar surface area (TPSA) is 40.5 Å². The SMILES string of the molecule is CC12Sc3cc(-c4ccccc4O)ccc3C1=C1C(=C3c4ccc(-c5ccccc5O)cc4SC32C)C(F)(F)C(F)(F)C1(F)F. The van der Waals surface area contributed by atoms with Crippen LogP contribution in [0.2, 0.25) is 0 Å². The number of alkyl halides is 6. The standard InChI is InChI=1S/C35H22F6O2S2/c1-31-27(21-13-11-17(15-25(21)44-31)19-7-3-5-9-23(19)42)29-30(34(38,39)35(40,41)33(29,36)37)28-22-14-12-18(16-26(22)45-32(28,31)2)20-8-4-6-10-24(20)43/h3-16,42-43H,1-2H3. The Morgan fingerprint density at radius 3 is 1.24 bits per heavy atom. The lowest BCUT2D eigenvalue weighted by Crippen LogP contribution is -2.47. The number of hydrogen-bond acceptors (Lipinski definition) is 4. The summed E-state index contributed by atoms with van der Waals surface area (Å²) in [4.78, 5) is 0.923. The fraction of sp³-hybridized carbons (Fsp3) is 0.200. The van der Waals surface area contributed by atoms with Gasteiger partial charge in [-0.1, -0.05) is 60.7 Å². The van der Waals surface area contributed by atoms with Crippen LogP contribution in [0.25, 0.3) is 33.4 Å². The lowest BCUT2D eigenvalue weighted by Gasteiger charge is -2.47. The number of aromatic hydroxyl groups is 2. The van der Waals surface area contributed by atoms with Gasteiger partial charge < -0.3 is 10.2 Å². The number of hydrogen-bond donors (Lipinski definition) is 2. The molecule has 1 fully saturated rings. The summed E-state index contributed by atoms with van der Waals surface area (Å²) in [6, 6.07) is 22.6. The first-order chi connectivity index (χ1) is 21.1. The first-order valence-corrected chi connectivity index (χ1v) is 15.7. The zero-order chi connectivity index (χ0) is 31.9. The van der Waals surface area contributed by atoms with E-state index in [0.29, 0.717) is 32.0 Å². The maximum absolute atomic E-state index is 15.9. The third-order valence-corrected chi connectivity index (χ3v) is 12.9. The normalized spacial score (nSPS) is 26.3. The molecule has 228 valence electrons. The predicted molar refractivity (Wildman–Crippen MR) is 164 cm³/mol. The Morgan fingerprint density at radius 1 is 0.489 bits per heavy atom. The van der Waals surface area contributed by atoms with Gasteiger partial charge in [-0.3, -0.25) is 0 Å². The number of halogens is 6. The molecule has 2 unspecified atom stereocenters. The van der Waals surface area contributed by atoms with Crippen LogP contribution >= 0.6 is 23.5 Å². The molecular formula is C35H22F6O2S2. The minimum atomic E-state index is -5.66. The average Bonchev–Trinajstić information content (AvgIpc) is 3.50. The Hall–Kier alpha value is -3.76. The molecule has 45 heavy (non-hydrogen) atoms. The molecule has 2 nitrogen and oxygen atoms in total. The van der Waals surface area contributed by atoms with E-state index in [4.69, 9.17) is 0 Å². The van der Waals surface area contributed by atoms with Crippen LogP contribution in [0.1, 0.15) is 25.0 Å². The molecule has 0 bridgehead atoms. The number of thioether (sulfide) groups is 2. The fourth-order valence-corrected chi connectivity index (χ4v) is 10.5. The molecule has 10 heteroatoms. The molecule has 4 aromatic carbocycles. The Morgan fingerprint density at radius 2 is 0.867 bits per heavy atom. The molecule has 4 aromatic rings. The maximum atomic E-state index is 15.9. The summed E-state index contributed by atoms with van der Waals surface area (Å²) in [6.07, 6.45) is 0. The van der Waals surface area contributed by atoms with Crippen molar-refractivity contribution in [2.24, 2.45) is 0 Å². The second-order valence-electron chi connectivity index (χ2n) is 11.9. The second-order valence-corrected chi connectivity index (χ2v) is 14.9. The van der Waals surface area contributed by atoms with Gasteiger partial charge in [0.1, 0.15) is 11.5 Å². The zero-order valence-corrected chi connectivity index (χ0v) is 25.2. The number of benzene rings is 4. The van der Waals surface area contributed by atoms with Gasteiger partial charge >= 0.3 is 17.8 Å². The van der Waals surface area contributed by atoms with Crippen LogP contribution in [0.4, 0.5) is 26.3 Å². The van der Waals surface area contributed by atoms with Crippen molar-refractivity contribution in [3.63, 3.8) is 0 Å². The molecule has 2 aliphatic carbocycles. The molecule has 2 atom stereocenters. The van der Waals surface area contributed by atoms with Crippen LogP contribution < -0.4 is 0 Å². The van der Waals surface area contributed by atoms with Crippen LogP contribution in [-0.2, 0) is 0 Å². The van der Waals surface area contributed by atoms with Crippen molar-refractivity contribution >= 4 is 34.7 Å². The highest BCUT2D eigenvalue weighted by atomic mass is 32.2. The summed E-state index contributed by atoms with van der Waals surface area (Å²) in [7, 11) is 0. The minimum Gasteiger partial charge on any atom is -0.507 e. The first-order valence-electron chi connectivity index (χ1n) is 14.0. The van der Waals surface area contributed by atoms with E-state index in [1.165, 1.54) is 47.8 Å². The van der Waals surface area contributed by atoms with Gasteiger partial charge in [0.2, 0.25) is 0 Å². The van der Waals surface area contributed by atoms with E-state index in [2.05, 4.69) is 0 Å². The number of phenols is 2. The number of para-hydroxylation sites is 2. The van der Waals surface area contributed by atoms with Gasteiger partial charge in [-0.15, -0.1) is 23.5 Å². The monoisotopic (exact) mass is 652 g/mol. The maximum Gasteiger partial charge on any atom is 0.380 e. The van der Waals surface area contributed by atoms with Crippen LogP contribution in [0, 0.1) is 0 Å². The summed E-state index contributed by atoms with van der Waals surface area (Å²) < 4.78 is 91.7. The van der Waals surface area contributed by atoms with Crippen molar-refractivity contribution in [3.05, 3.63) is 107 Å². The van der Waals surface area contributed by atoms with E-state index in [1.54, 1.807) is 74.5 Å². The Bertz CT molecular complexity index is 1920. The van der Waals surface area contributed by atoms with Crippen molar-refractivity contribution < 1.29 is 36.6 Å². The van der Waals surface area contributed by atoms with Crippen molar-refractivity contribution in [2.45, 2.75) is 50.9 Å². The van der Waals surface area contributed by atoms with Gasteiger partial charge in [-0.05, 0) is 71.5 Å². The molecule has 0 saturated heterocycles. The van der Waals surface area contributed by atoms with Crippen molar-refractivity contribution in [3.8, 4) is 33.8 Å². The third kappa shape index (κ3) is 3.31. The zero-order valence-electron chi connectivity index (χ0n) is 23.6. The smallest absolute Gasteiger partial charge is 0.380 e. The number of phenolic OH excluding ortho intramolecular Hbond substituents is 2. The van der Waals surface area contributed by atoms with Gasteiger partial charge in [0, 0.05) is 32.1 Å². The third-order valence-electron chi connectivity index (χ3n) is 9.59. The molecule has 8 rings (SSSR count). The number of allylic oxidation sites excluding steroid dienone is 2. The summed E-state index contributed by atoms with van der Waals surface area (Å²) in [6.45, 7) is 3.31. The summed E-state index contributed by atoms with van der Waals surface area (Å²) >= 11 is 2.36. The van der Waals surface area contributed by atoms with Crippen LogP contribution in [0.15, 0.2) is 106 Å². The fourth-order valence-electron chi connectivity index (χ4n) is 7.26. The molecule has 0 aromatic heterocycles. The highest BCUT2D eigenvalue weighted by molar-refractivity contribution is 8.06. The predicted octanol–water partition coefficient (Wildman–Crippen LogP) is 10.3. The quantitative estimate of drug-likeness (QED) is 0.212. The van der Waals surface area contributed by atoms with E-state index >= 15 is 26.3 Å². The molecule has 1 saturated carbocycles.